The highest BCUT2D eigenvalue weighted by atomic mass is 32.2. The Balaban J connectivity index is 2.36. The molecule has 1 aromatic carbocycles. The summed E-state index contributed by atoms with van der Waals surface area (Å²) in [7, 11) is 1.48. The molecular weight excluding hydrogens is 328 g/mol. The van der Waals surface area contributed by atoms with E-state index in [1.165, 1.54) is 25.1 Å². The Labute approximate surface area is 144 Å². The number of ether oxygens (including phenoxy) is 1. The van der Waals surface area contributed by atoms with Crippen LogP contribution < -0.4 is 10.5 Å². The first kappa shape index (κ1) is 18.3. The molecule has 0 aliphatic carbocycles. The molecule has 0 aliphatic rings. The van der Waals surface area contributed by atoms with Gasteiger partial charge in [-0.1, -0.05) is 30.3 Å². The number of pyridine rings is 1. The van der Waals surface area contributed by atoms with Crippen LogP contribution in [0.15, 0.2) is 47.5 Å². The Hall–Kier alpha value is -2.09. The highest BCUT2D eigenvalue weighted by molar-refractivity contribution is 7.99. The van der Waals surface area contributed by atoms with Crippen LogP contribution in [0, 0.1) is 0 Å². The maximum absolute atomic E-state index is 11.5. The van der Waals surface area contributed by atoms with Gasteiger partial charge in [-0.15, -0.1) is 11.8 Å². The molecule has 0 fully saturated rings. The maximum atomic E-state index is 11.5. The van der Waals surface area contributed by atoms with E-state index < -0.39 is 5.97 Å². The smallest absolute Gasteiger partial charge is 0.338 e. The van der Waals surface area contributed by atoms with Crippen molar-refractivity contribution in [3.05, 3.63) is 53.7 Å². The van der Waals surface area contributed by atoms with Crippen LogP contribution in [0.5, 0.6) is 5.88 Å². The number of carboxylic acids is 1. The van der Waals surface area contributed by atoms with Crippen molar-refractivity contribution in [1.82, 2.24) is 4.98 Å². The van der Waals surface area contributed by atoms with Gasteiger partial charge >= 0.3 is 5.97 Å². The van der Waals surface area contributed by atoms with E-state index in [9.17, 15) is 15.0 Å². The lowest BCUT2D eigenvalue weighted by atomic mass is 10.1. The lowest BCUT2D eigenvalue weighted by Crippen LogP contribution is -2.26. The summed E-state index contributed by atoms with van der Waals surface area (Å²) in [6.07, 6.45) is 1.80. The Morgan fingerprint density at radius 1 is 1.38 bits per heavy atom. The Morgan fingerprint density at radius 2 is 2.08 bits per heavy atom. The van der Waals surface area contributed by atoms with Gasteiger partial charge in [0.1, 0.15) is 0 Å². The lowest BCUT2D eigenvalue weighted by Gasteiger charge is -2.21. The summed E-state index contributed by atoms with van der Waals surface area (Å²) in [6, 6.07) is 10.9. The van der Waals surface area contributed by atoms with E-state index >= 15 is 0 Å². The van der Waals surface area contributed by atoms with Gasteiger partial charge in [0.15, 0.2) is 0 Å². The summed E-state index contributed by atoms with van der Waals surface area (Å²) in [4.78, 5) is 16.0. The number of thioether (sulfide) groups is 1. The van der Waals surface area contributed by atoms with Crippen molar-refractivity contribution in [2.45, 2.75) is 22.6 Å². The van der Waals surface area contributed by atoms with Crippen LogP contribution in [0.3, 0.4) is 0 Å². The molecule has 0 amide bonds. The van der Waals surface area contributed by atoms with Crippen LogP contribution in [-0.4, -0.2) is 40.9 Å². The Bertz CT molecular complexity index is 682. The summed E-state index contributed by atoms with van der Waals surface area (Å²) in [6.45, 7) is -0.130. The molecule has 1 heterocycles. The highest BCUT2D eigenvalue weighted by Crippen LogP contribution is 2.40. The number of methoxy groups -OCH3 is 1. The van der Waals surface area contributed by atoms with Crippen molar-refractivity contribution in [2.24, 2.45) is 5.73 Å². The molecule has 2 rings (SSSR count). The topological polar surface area (TPSA) is 106 Å². The van der Waals surface area contributed by atoms with Crippen molar-refractivity contribution >= 4 is 17.7 Å². The SMILES string of the molecule is COc1cc(SC(C[C@H](N)CO)c2ccccc2)c(C(=O)O)cn1. The fourth-order valence-corrected chi connectivity index (χ4v) is 3.59. The van der Waals surface area contributed by atoms with Gasteiger partial charge in [-0.25, -0.2) is 9.78 Å². The zero-order chi connectivity index (χ0) is 17.5. The fraction of sp³-hybridized carbons (Fsp3) is 0.294. The predicted octanol–water partition coefficient (Wildman–Crippen LogP) is 2.33. The van der Waals surface area contributed by atoms with Crippen LogP contribution >= 0.6 is 11.8 Å². The number of aromatic nitrogens is 1. The number of hydrogen-bond donors (Lipinski definition) is 3. The normalized spacial score (nSPS) is 13.3. The molecule has 24 heavy (non-hydrogen) atoms. The van der Waals surface area contributed by atoms with Crippen molar-refractivity contribution in [2.75, 3.05) is 13.7 Å². The molecule has 7 heteroatoms. The fourth-order valence-electron chi connectivity index (χ4n) is 2.21. The van der Waals surface area contributed by atoms with Gasteiger partial charge < -0.3 is 20.7 Å². The second-order valence-corrected chi connectivity index (χ2v) is 6.47. The first-order valence-corrected chi connectivity index (χ1v) is 8.28. The molecule has 0 bridgehead atoms. The number of aliphatic hydroxyl groups excluding tert-OH is 1. The number of benzene rings is 1. The summed E-state index contributed by atoms with van der Waals surface area (Å²) in [5, 5.41) is 18.5. The third-order valence-electron chi connectivity index (χ3n) is 3.47. The van der Waals surface area contributed by atoms with Crippen LogP contribution in [0.25, 0.3) is 0 Å². The molecule has 2 aromatic rings. The monoisotopic (exact) mass is 348 g/mol. The molecule has 128 valence electrons. The molecule has 1 aromatic heterocycles. The standard InChI is InChI=1S/C17H20N2O4S/c1-23-16-8-15(13(9-19-16)17(21)22)24-14(7-12(18)10-20)11-5-3-2-4-6-11/h2-6,8-9,12,14,20H,7,10,18H2,1H3,(H,21,22)/t12-,14?/m0/s1. The number of nitrogens with zero attached hydrogens (tertiary/aromatic N) is 1. The molecule has 4 N–H and O–H groups in total. The number of rotatable bonds is 8. The molecule has 1 unspecified atom stereocenters. The van der Waals surface area contributed by atoms with Gasteiger partial charge in [0.2, 0.25) is 5.88 Å². The van der Waals surface area contributed by atoms with Gasteiger partial charge in [0.25, 0.3) is 0 Å². The second-order valence-electron chi connectivity index (χ2n) is 5.22. The molecule has 0 saturated heterocycles. The van der Waals surface area contributed by atoms with E-state index in [1.807, 2.05) is 30.3 Å². The minimum atomic E-state index is -1.05. The first-order valence-electron chi connectivity index (χ1n) is 7.40. The van der Waals surface area contributed by atoms with Gasteiger partial charge in [0.05, 0.1) is 19.3 Å². The molecule has 0 aliphatic heterocycles. The number of aliphatic hydroxyl groups is 1. The third kappa shape index (κ3) is 4.70. The number of carbonyl (C=O) groups is 1. The third-order valence-corrected chi connectivity index (χ3v) is 4.81. The minimum absolute atomic E-state index is 0.0986. The number of hydrogen-bond acceptors (Lipinski definition) is 6. The molecule has 2 atom stereocenters. The van der Waals surface area contributed by atoms with Crippen LogP contribution in [0.2, 0.25) is 0 Å². The molecule has 6 nitrogen and oxygen atoms in total. The van der Waals surface area contributed by atoms with E-state index in [0.29, 0.717) is 17.2 Å². The van der Waals surface area contributed by atoms with Gasteiger partial charge in [-0.3, -0.25) is 0 Å². The molecule has 0 spiro atoms. The second kappa shape index (κ2) is 8.68. The number of carboxylic acid groups (broad SMARTS) is 1. The average Bonchev–Trinajstić information content (AvgIpc) is 2.61. The first-order chi connectivity index (χ1) is 11.5. The van der Waals surface area contributed by atoms with Gasteiger partial charge in [-0.05, 0) is 12.0 Å². The maximum Gasteiger partial charge on any atom is 0.338 e. The van der Waals surface area contributed by atoms with Crippen LogP contribution in [-0.2, 0) is 0 Å². The van der Waals surface area contributed by atoms with E-state index in [0.717, 1.165) is 5.56 Å². The highest BCUT2D eigenvalue weighted by Gasteiger charge is 2.21. The zero-order valence-electron chi connectivity index (χ0n) is 13.3. The van der Waals surface area contributed by atoms with Crippen molar-refractivity contribution in [3.8, 4) is 5.88 Å². The average molecular weight is 348 g/mol. The summed E-state index contributed by atoms with van der Waals surface area (Å²) < 4.78 is 5.10. The summed E-state index contributed by atoms with van der Waals surface area (Å²) in [5.41, 5.74) is 7.03. The molecule has 0 radical (unpaired) electrons. The van der Waals surface area contributed by atoms with Gasteiger partial charge in [0, 0.05) is 28.5 Å². The Kier molecular flexibility index (Phi) is 6.60. The Morgan fingerprint density at radius 3 is 2.67 bits per heavy atom. The van der Waals surface area contributed by atoms with Crippen molar-refractivity contribution < 1.29 is 19.7 Å². The summed E-state index contributed by atoms with van der Waals surface area (Å²) >= 11 is 1.38. The number of aromatic carboxylic acids is 1. The lowest BCUT2D eigenvalue weighted by molar-refractivity contribution is 0.0692. The van der Waals surface area contributed by atoms with E-state index in [-0.39, 0.29) is 23.5 Å². The van der Waals surface area contributed by atoms with Crippen molar-refractivity contribution in [3.63, 3.8) is 0 Å². The quantitative estimate of drug-likeness (QED) is 0.629. The van der Waals surface area contributed by atoms with Gasteiger partial charge in [-0.2, -0.15) is 0 Å². The minimum Gasteiger partial charge on any atom is -0.481 e. The van der Waals surface area contributed by atoms with E-state index in [2.05, 4.69) is 4.98 Å². The zero-order valence-corrected chi connectivity index (χ0v) is 14.1. The molecule has 0 saturated carbocycles. The largest absolute Gasteiger partial charge is 0.481 e. The molecular formula is C17H20N2O4S. The van der Waals surface area contributed by atoms with E-state index in [1.54, 1.807) is 6.07 Å². The van der Waals surface area contributed by atoms with Crippen LogP contribution in [0.1, 0.15) is 27.6 Å². The summed E-state index contributed by atoms with van der Waals surface area (Å²) in [5.74, 6) is -0.702. The predicted molar refractivity (Wildman–Crippen MR) is 92.5 cm³/mol. The van der Waals surface area contributed by atoms with Crippen molar-refractivity contribution in [1.29, 1.82) is 0 Å². The van der Waals surface area contributed by atoms with E-state index in [4.69, 9.17) is 10.5 Å². The van der Waals surface area contributed by atoms with Crippen LogP contribution in [0.4, 0.5) is 0 Å². The number of nitrogens with two attached hydrogens (primary N) is 1.